The molecule has 2 aromatic rings. The van der Waals surface area contributed by atoms with E-state index in [-0.39, 0.29) is 12.0 Å². The van der Waals surface area contributed by atoms with Gasteiger partial charge in [-0.15, -0.1) is 5.10 Å². The van der Waals surface area contributed by atoms with E-state index in [4.69, 9.17) is 9.47 Å². The number of thiazole rings is 1. The second-order valence-corrected chi connectivity index (χ2v) is 6.97. The molecule has 130 valence electrons. The van der Waals surface area contributed by atoms with Gasteiger partial charge in [-0.1, -0.05) is 23.5 Å². The molecule has 7 heteroatoms. The zero-order valence-corrected chi connectivity index (χ0v) is 14.8. The highest BCUT2D eigenvalue weighted by atomic mass is 32.1. The van der Waals surface area contributed by atoms with Crippen molar-refractivity contribution >= 4 is 27.5 Å². The van der Waals surface area contributed by atoms with Crippen LogP contribution in [-0.2, 0) is 21.3 Å². The molecular weight excluding hydrogens is 326 g/mol. The van der Waals surface area contributed by atoms with Crippen LogP contribution in [-0.4, -0.2) is 35.9 Å². The summed E-state index contributed by atoms with van der Waals surface area (Å²) in [5.41, 5.74) is 3.69. The normalized spacial score (nSPS) is 20.2. The van der Waals surface area contributed by atoms with Crippen LogP contribution in [0.25, 0.3) is 10.2 Å². The van der Waals surface area contributed by atoms with Crippen LogP contribution in [0.15, 0.2) is 29.4 Å². The van der Waals surface area contributed by atoms with Crippen molar-refractivity contribution in [3.8, 4) is 0 Å². The molecule has 1 fully saturated rings. The van der Waals surface area contributed by atoms with Crippen LogP contribution in [0.3, 0.4) is 0 Å². The molecule has 0 radical (unpaired) electrons. The number of nitrogens with one attached hydrogen (secondary N) is 1. The first-order valence-corrected chi connectivity index (χ1v) is 9.08. The lowest BCUT2D eigenvalue weighted by Crippen LogP contribution is -2.35. The predicted octanol–water partition coefficient (Wildman–Crippen LogP) is 2.15. The van der Waals surface area contributed by atoms with Gasteiger partial charge in [-0.2, -0.15) is 0 Å². The van der Waals surface area contributed by atoms with Crippen LogP contribution in [0.1, 0.15) is 26.2 Å². The predicted molar refractivity (Wildman–Crippen MR) is 93.5 cm³/mol. The van der Waals surface area contributed by atoms with E-state index in [0.717, 1.165) is 40.9 Å². The summed E-state index contributed by atoms with van der Waals surface area (Å²) in [6.45, 7) is 2.97. The van der Waals surface area contributed by atoms with Gasteiger partial charge in [-0.05, 0) is 38.3 Å². The molecule has 1 aromatic carbocycles. The Balaban J connectivity index is 1.58. The van der Waals surface area contributed by atoms with Gasteiger partial charge in [0.1, 0.15) is 6.10 Å². The number of nitrogens with zero attached hydrogens (tertiary/aromatic N) is 2. The molecular formula is C17H23N3O3S. The molecule has 24 heavy (non-hydrogen) atoms. The Labute approximate surface area is 145 Å². The van der Waals surface area contributed by atoms with Crippen molar-refractivity contribution in [1.82, 2.24) is 9.99 Å². The van der Waals surface area contributed by atoms with Gasteiger partial charge >= 0.3 is 0 Å². The van der Waals surface area contributed by atoms with E-state index < -0.39 is 6.10 Å². The molecule has 1 aliphatic rings. The standard InChI is InChI=1S/C17H23N3O3S/c1-12(23-11-13-7-5-6-10-22-13)16(21)18-19-17-20(2)14-8-3-4-9-15(14)24-17/h3-4,8-9,12-13H,5-7,10-11H2,1-2H3,(H,18,21)/t12-,13+/m1/s1. The smallest absolute Gasteiger partial charge is 0.268 e. The van der Waals surface area contributed by atoms with Crippen molar-refractivity contribution in [2.75, 3.05) is 13.2 Å². The number of ether oxygens (including phenoxy) is 2. The van der Waals surface area contributed by atoms with Crippen LogP contribution < -0.4 is 10.2 Å². The van der Waals surface area contributed by atoms with Gasteiger partial charge in [-0.3, -0.25) is 4.79 Å². The molecule has 2 heterocycles. The van der Waals surface area contributed by atoms with Crippen molar-refractivity contribution in [2.45, 2.75) is 38.4 Å². The summed E-state index contributed by atoms with van der Waals surface area (Å²) in [5.74, 6) is -0.247. The Kier molecular flexibility index (Phi) is 5.65. The molecule has 0 unspecified atom stereocenters. The molecule has 1 N–H and O–H groups in total. The minimum atomic E-state index is -0.557. The molecule has 6 nitrogen and oxygen atoms in total. The molecule has 0 saturated carbocycles. The average Bonchev–Trinajstić information content (AvgIpc) is 2.95. The van der Waals surface area contributed by atoms with E-state index in [0.29, 0.717) is 6.61 Å². The van der Waals surface area contributed by atoms with Crippen LogP contribution in [0.5, 0.6) is 0 Å². The summed E-state index contributed by atoms with van der Waals surface area (Å²) in [7, 11) is 1.93. The largest absolute Gasteiger partial charge is 0.376 e. The first-order chi connectivity index (χ1) is 11.6. The first-order valence-electron chi connectivity index (χ1n) is 8.26. The Morgan fingerprint density at radius 2 is 2.33 bits per heavy atom. The molecule has 0 aliphatic carbocycles. The Morgan fingerprint density at radius 1 is 1.50 bits per heavy atom. The summed E-state index contributed by atoms with van der Waals surface area (Å²) in [5, 5.41) is 4.23. The molecule has 1 aromatic heterocycles. The van der Waals surface area contributed by atoms with Crippen LogP contribution in [0.4, 0.5) is 0 Å². The van der Waals surface area contributed by atoms with Gasteiger partial charge < -0.3 is 14.0 Å². The molecule has 1 saturated heterocycles. The first kappa shape index (κ1) is 17.1. The number of aryl methyl sites for hydroxylation is 1. The Bertz CT molecular complexity index is 762. The zero-order chi connectivity index (χ0) is 16.9. The number of aromatic nitrogens is 1. The van der Waals surface area contributed by atoms with Gasteiger partial charge in [0.25, 0.3) is 5.91 Å². The van der Waals surface area contributed by atoms with Gasteiger partial charge in [0.2, 0.25) is 4.80 Å². The quantitative estimate of drug-likeness (QED) is 0.841. The third kappa shape index (κ3) is 4.03. The molecule has 2 atom stereocenters. The maximum absolute atomic E-state index is 12.1. The third-order valence-electron chi connectivity index (χ3n) is 4.15. The van der Waals surface area contributed by atoms with Gasteiger partial charge in [-0.25, -0.2) is 5.43 Å². The fraction of sp³-hybridized carbons (Fsp3) is 0.529. The molecule has 1 amide bonds. The monoisotopic (exact) mass is 349 g/mol. The topological polar surface area (TPSA) is 64.8 Å². The maximum atomic E-state index is 12.1. The number of amides is 1. The van der Waals surface area contributed by atoms with Gasteiger partial charge in [0.15, 0.2) is 0 Å². The lowest BCUT2D eigenvalue weighted by Gasteiger charge is -2.23. The second kappa shape index (κ2) is 7.92. The number of carbonyl (C=O) groups excluding carboxylic acids is 1. The van der Waals surface area contributed by atoms with E-state index in [9.17, 15) is 4.79 Å². The zero-order valence-electron chi connectivity index (χ0n) is 14.0. The SMILES string of the molecule is C[C@@H](OC[C@@H]1CCCCO1)C(=O)NN=c1sc2ccccc2n1C. The fourth-order valence-electron chi connectivity index (χ4n) is 2.65. The minimum Gasteiger partial charge on any atom is -0.376 e. The number of hydrogen-bond donors (Lipinski definition) is 1. The number of benzene rings is 1. The summed E-state index contributed by atoms with van der Waals surface area (Å²) in [4.78, 5) is 12.9. The van der Waals surface area contributed by atoms with Gasteiger partial charge in [0.05, 0.1) is 22.9 Å². The highest BCUT2D eigenvalue weighted by molar-refractivity contribution is 7.16. The average molecular weight is 349 g/mol. The Morgan fingerprint density at radius 3 is 3.08 bits per heavy atom. The van der Waals surface area contributed by atoms with Crippen molar-refractivity contribution < 1.29 is 14.3 Å². The number of rotatable bonds is 5. The van der Waals surface area contributed by atoms with Crippen LogP contribution >= 0.6 is 11.3 Å². The summed E-state index contributed by atoms with van der Waals surface area (Å²) in [6, 6.07) is 8.05. The highest BCUT2D eigenvalue weighted by Crippen LogP contribution is 2.15. The van der Waals surface area contributed by atoms with Gasteiger partial charge in [0, 0.05) is 13.7 Å². The highest BCUT2D eigenvalue weighted by Gasteiger charge is 2.18. The summed E-state index contributed by atoms with van der Waals surface area (Å²) in [6.07, 6.45) is 2.81. The summed E-state index contributed by atoms with van der Waals surface area (Å²) < 4.78 is 14.3. The Hall–Kier alpha value is -1.70. The molecule has 0 bridgehead atoms. The number of carbonyl (C=O) groups is 1. The molecule has 0 spiro atoms. The fourth-order valence-corrected chi connectivity index (χ4v) is 3.63. The maximum Gasteiger partial charge on any atom is 0.268 e. The second-order valence-electron chi connectivity index (χ2n) is 5.96. The van der Waals surface area contributed by atoms with E-state index in [1.807, 2.05) is 35.9 Å². The van der Waals surface area contributed by atoms with Crippen molar-refractivity contribution in [1.29, 1.82) is 0 Å². The van der Waals surface area contributed by atoms with Crippen molar-refractivity contribution in [2.24, 2.45) is 12.1 Å². The number of hydrogen-bond acceptors (Lipinski definition) is 5. The third-order valence-corrected chi connectivity index (χ3v) is 5.26. The van der Waals surface area contributed by atoms with E-state index >= 15 is 0 Å². The van der Waals surface area contributed by atoms with Crippen molar-refractivity contribution in [3.63, 3.8) is 0 Å². The van der Waals surface area contributed by atoms with E-state index in [2.05, 4.69) is 10.5 Å². The summed E-state index contributed by atoms with van der Waals surface area (Å²) >= 11 is 1.53. The number of para-hydroxylation sites is 1. The lowest BCUT2D eigenvalue weighted by molar-refractivity contribution is -0.135. The number of fused-ring (bicyclic) bond motifs is 1. The lowest BCUT2D eigenvalue weighted by atomic mass is 10.1. The van der Waals surface area contributed by atoms with Crippen molar-refractivity contribution in [3.05, 3.63) is 29.1 Å². The van der Waals surface area contributed by atoms with E-state index in [1.165, 1.54) is 11.3 Å². The minimum absolute atomic E-state index is 0.103. The molecule has 1 aliphatic heterocycles. The van der Waals surface area contributed by atoms with Crippen LogP contribution in [0.2, 0.25) is 0 Å². The molecule has 3 rings (SSSR count). The van der Waals surface area contributed by atoms with E-state index in [1.54, 1.807) is 6.92 Å². The van der Waals surface area contributed by atoms with Crippen LogP contribution in [0, 0.1) is 0 Å².